The molecule has 1 aliphatic rings. The highest BCUT2D eigenvalue weighted by Crippen LogP contribution is 2.36. The number of hydrogen-bond donors (Lipinski definition) is 1. The lowest BCUT2D eigenvalue weighted by Crippen LogP contribution is -2.33. The fourth-order valence-corrected chi connectivity index (χ4v) is 3.22. The Labute approximate surface area is 157 Å². The van der Waals surface area contributed by atoms with Gasteiger partial charge in [-0.2, -0.15) is 0 Å². The molecule has 1 aromatic carbocycles. The van der Waals surface area contributed by atoms with Gasteiger partial charge in [-0.3, -0.25) is 9.78 Å². The first-order chi connectivity index (χ1) is 13.2. The molecular formula is C20H20N4O3. The van der Waals surface area contributed by atoms with Gasteiger partial charge in [-0.15, -0.1) is 0 Å². The van der Waals surface area contributed by atoms with Gasteiger partial charge in [-0.1, -0.05) is 6.07 Å². The first-order valence-corrected chi connectivity index (χ1v) is 8.69. The fraction of sp³-hybridized carbons (Fsp3) is 0.250. The predicted octanol–water partition coefficient (Wildman–Crippen LogP) is 2.74. The molecule has 0 saturated heterocycles. The third-order valence-corrected chi connectivity index (χ3v) is 4.69. The van der Waals surface area contributed by atoms with Gasteiger partial charge in [-0.05, 0) is 23.8 Å². The second-order valence-corrected chi connectivity index (χ2v) is 6.42. The van der Waals surface area contributed by atoms with Gasteiger partial charge in [0, 0.05) is 30.8 Å². The summed E-state index contributed by atoms with van der Waals surface area (Å²) in [7, 11) is 3.42. The Bertz CT molecular complexity index is 983. The minimum atomic E-state index is -0.152. The number of rotatable bonds is 4. The van der Waals surface area contributed by atoms with Crippen LogP contribution in [-0.4, -0.2) is 34.2 Å². The van der Waals surface area contributed by atoms with Crippen molar-refractivity contribution >= 4 is 5.91 Å². The molecule has 7 heteroatoms. The van der Waals surface area contributed by atoms with Crippen LogP contribution in [0, 0.1) is 0 Å². The topological polar surface area (TPSA) is 78.3 Å². The molecular weight excluding hydrogens is 344 g/mol. The van der Waals surface area contributed by atoms with E-state index < -0.39 is 0 Å². The second kappa shape index (κ2) is 7.11. The summed E-state index contributed by atoms with van der Waals surface area (Å²) in [5.41, 5.74) is 3.41. The maximum atomic E-state index is 12.6. The van der Waals surface area contributed by atoms with E-state index in [0.29, 0.717) is 24.5 Å². The zero-order chi connectivity index (χ0) is 18.8. The Morgan fingerprint density at radius 3 is 2.89 bits per heavy atom. The molecule has 0 fully saturated rings. The zero-order valence-corrected chi connectivity index (χ0v) is 15.2. The molecule has 2 aromatic heterocycles. The normalized spacial score (nSPS) is 15.6. The number of amides is 1. The second-order valence-electron chi connectivity index (χ2n) is 6.42. The summed E-state index contributed by atoms with van der Waals surface area (Å²) in [5.74, 6) is 1.33. The summed E-state index contributed by atoms with van der Waals surface area (Å²) in [6.07, 6.45) is 7.34. The molecule has 0 radical (unpaired) electrons. The van der Waals surface area contributed by atoms with Crippen molar-refractivity contribution in [3.8, 4) is 22.6 Å². The van der Waals surface area contributed by atoms with Crippen LogP contribution in [0.4, 0.5) is 0 Å². The molecule has 1 N–H and O–H groups in total. The number of benzene rings is 1. The van der Waals surface area contributed by atoms with Crippen molar-refractivity contribution in [2.45, 2.75) is 12.5 Å². The van der Waals surface area contributed by atoms with Crippen LogP contribution in [0.2, 0.25) is 0 Å². The van der Waals surface area contributed by atoms with Crippen LogP contribution in [0.15, 0.2) is 49.2 Å². The summed E-state index contributed by atoms with van der Waals surface area (Å²) in [5, 5.41) is 3.10. The van der Waals surface area contributed by atoms with Crippen molar-refractivity contribution in [2.75, 3.05) is 13.7 Å². The van der Waals surface area contributed by atoms with Gasteiger partial charge in [0.2, 0.25) is 0 Å². The van der Waals surface area contributed by atoms with Gasteiger partial charge < -0.3 is 19.4 Å². The Hall–Kier alpha value is -3.35. The molecule has 1 aliphatic heterocycles. The summed E-state index contributed by atoms with van der Waals surface area (Å²) >= 11 is 0. The first-order valence-electron chi connectivity index (χ1n) is 8.69. The van der Waals surface area contributed by atoms with Crippen molar-refractivity contribution in [3.63, 3.8) is 0 Å². The first kappa shape index (κ1) is 17.1. The molecule has 1 unspecified atom stereocenters. The van der Waals surface area contributed by atoms with Crippen LogP contribution in [0.1, 0.15) is 28.5 Å². The number of nitrogens with one attached hydrogen (secondary N) is 1. The van der Waals surface area contributed by atoms with Crippen LogP contribution in [0.5, 0.6) is 11.5 Å². The number of imidazole rings is 1. The van der Waals surface area contributed by atoms with Crippen molar-refractivity contribution in [1.29, 1.82) is 0 Å². The highest BCUT2D eigenvalue weighted by molar-refractivity contribution is 5.92. The van der Waals surface area contributed by atoms with E-state index >= 15 is 0 Å². The SMILES string of the molecule is COc1cncc(-c2ccc3c(c2)C(NC(=O)c2cncn2C)CCO3)c1. The minimum Gasteiger partial charge on any atom is -0.495 e. The molecule has 4 rings (SSSR count). The quantitative estimate of drug-likeness (QED) is 0.770. The lowest BCUT2D eigenvalue weighted by atomic mass is 9.96. The molecule has 27 heavy (non-hydrogen) atoms. The van der Waals surface area contributed by atoms with Gasteiger partial charge in [0.05, 0.1) is 38.5 Å². The molecule has 0 bridgehead atoms. The molecule has 0 aliphatic carbocycles. The Balaban J connectivity index is 1.65. The average Bonchev–Trinajstić information content (AvgIpc) is 3.14. The van der Waals surface area contributed by atoms with Gasteiger partial charge in [0.15, 0.2) is 0 Å². The number of aryl methyl sites for hydroxylation is 1. The van der Waals surface area contributed by atoms with Gasteiger partial charge in [0.25, 0.3) is 5.91 Å². The number of fused-ring (bicyclic) bond motifs is 1. The van der Waals surface area contributed by atoms with E-state index in [-0.39, 0.29) is 11.9 Å². The van der Waals surface area contributed by atoms with E-state index in [9.17, 15) is 4.79 Å². The number of hydrogen-bond acceptors (Lipinski definition) is 5. The van der Waals surface area contributed by atoms with Crippen LogP contribution >= 0.6 is 0 Å². The highest BCUT2D eigenvalue weighted by atomic mass is 16.5. The van der Waals surface area contributed by atoms with Crippen molar-refractivity contribution < 1.29 is 14.3 Å². The third kappa shape index (κ3) is 3.36. The van der Waals surface area contributed by atoms with Gasteiger partial charge in [-0.25, -0.2) is 4.98 Å². The van der Waals surface area contributed by atoms with E-state index in [1.54, 1.807) is 43.6 Å². The molecule has 1 amide bonds. The van der Waals surface area contributed by atoms with E-state index in [2.05, 4.69) is 15.3 Å². The Morgan fingerprint density at radius 1 is 1.22 bits per heavy atom. The van der Waals surface area contributed by atoms with E-state index in [1.165, 1.54) is 0 Å². The number of carbonyl (C=O) groups is 1. The zero-order valence-electron chi connectivity index (χ0n) is 15.2. The lowest BCUT2D eigenvalue weighted by molar-refractivity contribution is 0.0916. The number of nitrogens with zero attached hydrogens (tertiary/aromatic N) is 3. The number of carbonyl (C=O) groups excluding carboxylic acids is 1. The summed E-state index contributed by atoms with van der Waals surface area (Å²) in [6.45, 7) is 0.559. The summed E-state index contributed by atoms with van der Waals surface area (Å²) < 4.78 is 12.7. The molecule has 138 valence electrons. The predicted molar refractivity (Wildman–Crippen MR) is 99.8 cm³/mol. The van der Waals surface area contributed by atoms with Crippen LogP contribution in [0.25, 0.3) is 11.1 Å². The van der Waals surface area contributed by atoms with E-state index in [1.807, 2.05) is 24.3 Å². The van der Waals surface area contributed by atoms with Crippen LogP contribution in [0.3, 0.4) is 0 Å². The van der Waals surface area contributed by atoms with Crippen molar-refractivity contribution in [2.24, 2.45) is 7.05 Å². The van der Waals surface area contributed by atoms with Gasteiger partial charge in [0.1, 0.15) is 17.2 Å². The molecule has 0 spiro atoms. The van der Waals surface area contributed by atoms with Crippen molar-refractivity contribution in [3.05, 3.63) is 60.4 Å². The standard InChI is InChI=1S/C20H20N4O3/c1-24-12-22-11-18(24)20(25)23-17-5-6-27-19-4-3-13(8-16(17)19)14-7-15(26-2)10-21-9-14/h3-4,7-12,17H,5-6H2,1-2H3,(H,23,25). The maximum Gasteiger partial charge on any atom is 0.270 e. The Morgan fingerprint density at radius 2 is 2.11 bits per heavy atom. The number of aromatic nitrogens is 3. The molecule has 3 heterocycles. The minimum absolute atomic E-state index is 0.130. The average molecular weight is 364 g/mol. The van der Waals surface area contributed by atoms with E-state index in [0.717, 1.165) is 22.4 Å². The fourth-order valence-electron chi connectivity index (χ4n) is 3.22. The molecule has 7 nitrogen and oxygen atoms in total. The summed E-state index contributed by atoms with van der Waals surface area (Å²) in [4.78, 5) is 20.8. The lowest BCUT2D eigenvalue weighted by Gasteiger charge is -2.27. The third-order valence-electron chi connectivity index (χ3n) is 4.69. The van der Waals surface area contributed by atoms with Gasteiger partial charge >= 0.3 is 0 Å². The summed E-state index contributed by atoms with van der Waals surface area (Å²) in [6, 6.07) is 7.77. The molecule has 1 atom stereocenters. The maximum absolute atomic E-state index is 12.6. The molecule has 3 aromatic rings. The number of pyridine rings is 1. The number of methoxy groups -OCH3 is 1. The van der Waals surface area contributed by atoms with Crippen LogP contribution < -0.4 is 14.8 Å². The van der Waals surface area contributed by atoms with Crippen molar-refractivity contribution in [1.82, 2.24) is 19.9 Å². The largest absolute Gasteiger partial charge is 0.495 e. The Kier molecular flexibility index (Phi) is 4.50. The smallest absolute Gasteiger partial charge is 0.270 e. The monoisotopic (exact) mass is 364 g/mol. The highest BCUT2D eigenvalue weighted by Gasteiger charge is 2.25. The molecule has 0 saturated carbocycles. The number of ether oxygens (including phenoxy) is 2. The van der Waals surface area contributed by atoms with E-state index in [4.69, 9.17) is 9.47 Å². The van der Waals surface area contributed by atoms with Crippen LogP contribution in [-0.2, 0) is 7.05 Å².